The molecule has 2 rings (SSSR count). The molecule has 1 fully saturated rings. The number of aliphatic hydroxyl groups is 1. The van der Waals surface area contributed by atoms with Crippen molar-refractivity contribution in [2.45, 2.75) is 26.3 Å². The molecule has 7 heteroatoms. The standard InChI is InChI=1S/C15H20ClN3O3/c1-9-3-4-11(16)10(2)13(9)18-15(22)19-7-6-17-14(21)12(19)5-8-20/h3-4,12,20H,5-8H2,1-2H3,(H,17,21)(H,18,22). The summed E-state index contributed by atoms with van der Waals surface area (Å²) in [6, 6.07) is 2.60. The van der Waals surface area contributed by atoms with E-state index in [9.17, 15) is 9.59 Å². The first kappa shape index (κ1) is 16.6. The molecule has 0 aromatic heterocycles. The van der Waals surface area contributed by atoms with Crippen LogP contribution in [0.25, 0.3) is 0 Å². The highest BCUT2D eigenvalue weighted by atomic mass is 35.5. The Hall–Kier alpha value is -1.79. The van der Waals surface area contributed by atoms with E-state index in [0.29, 0.717) is 23.8 Å². The number of halogens is 1. The van der Waals surface area contributed by atoms with Crippen molar-refractivity contribution in [3.63, 3.8) is 0 Å². The molecule has 0 radical (unpaired) electrons. The van der Waals surface area contributed by atoms with E-state index in [2.05, 4.69) is 10.6 Å². The van der Waals surface area contributed by atoms with Crippen LogP contribution in [0, 0.1) is 13.8 Å². The second-order valence-electron chi connectivity index (χ2n) is 5.31. The van der Waals surface area contributed by atoms with Gasteiger partial charge < -0.3 is 20.6 Å². The highest BCUT2D eigenvalue weighted by Gasteiger charge is 2.32. The van der Waals surface area contributed by atoms with Gasteiger partial charge in [0, 0.05) is 30.4 Å². The first-order chi connectivity index (χ1) is 10.5. The molecule has 1 heterocycles. The number of carbonyl (C=O) groups is 2. The normalized spacial score (nSPS) is 18.1. The van der Waals surface area contributed by atoms with E-state index in [0.717, 1.165) is 11.1 Å². The molecule has 0 spiro atoms. The fourth-order valence-electron chi connectivity index (χ4n) is 2.56. The van der Waals surface area contributed by atoms with E-state index >= 15 is 0 Å². The number of carbonyl (C=O) groups excluding carboxylic acids is 2. The maximum atomic E-state index is 12.5. The van der Waals surface area contributed by atoms with Gasteiger partial charge in [0.25, 0.3) is 0 Å². The van der Waals surface area contributed by atoms with Crippen LogP contribution < -0.4 is 10.6 Å². The van der Waals surface area contributed by atoms with Gasteiger partial charge in [-0.1, -0.05) is 17.7 Å². The van der Waals surface area contributed by atoms with E-state index in [1.165, 1.54) is 4.90 Å². The Morgan fingerprint density at radius 3 is 2.91 bits per heavy atom. The summed E-state index contributed by atoms with van der Waals surface area (Å²) in [6.07, 6.45) is 0.215. The molecule has 1 saturated heterocycles. The minimum absolute atomic E-state index is 0.156. The van der Waals surface area contributed by atoms with Crippen molar-refractivity contribution in [3.05, 3.63) is 28.3 Å². The van der Waals surface area contributed by atoms with Gasteiger partial charge in [-0.15, -0.1) is 0 Å². The number of urea groups is 1. The van der Waals surface area contributed by atoms with E-state index < -0.39 is 6.04 Å². The SMILES string of the molecule is Cc1ccc(Cl)c(C)c1NC(=O)N1CCNC(=O)C1CCO. The number of hydrogen-bond acceptors (Lipinski definition) is 3. The maximum absolute atomic E-state index is 12.5. The monoisotopic (exact) mass is 325 g/mol. The number of amides is 3. The van der Waals surface area contributed by atoms with Crippen molar-refractivity contribution in [1.82, 2.24) is 10.2 Å². The van der Waals surface area contributed by atoms with E-state index in [-0.39, 0.29) is 25.0 Å². The van der Waals surface area contributed by atoms with Crippen LogP contribution in [0.2, 0.25) is 5.02 Å². The van der Waals surface area contributed by atoms with Crippen LogP contribution in [0.15, 0.2) is 12.1 Å². The Kier molecular flexibility index (Phi) is 5.26. The van der Waals surface area contributed by atoms with Crippen LogP contribution in [0.4, 0.5) is 10.5 Å². The summed E-state index contributed by atoms with van der Waals surface area (Å²) >= 11 is 6.09. The van der Waals surface area contributed by atoms with Crippen molar-refractivity contribution in [2.75, 3.05) is 25.0 Å². The molecular weight excluding hydrogens is 306 g/mol. The van der Waals surface area contributed by atoms with Gasteiger partial charge in [-0.2, -0.15) is 0 Å². The lowest BCUT2D eigenvalue weighted by Gasteiger charge is -2.35. The molecule has 1 aliphatic heterocycles. The van der Waals surface area contributed by atoms with Crippen molar-refractivity contribution >= 4 is 29.2 Å². The number of nitrogens with one attached hydrogen (secondary N) is 2. The molecule has 1 atom stereocenters. The second-order valence-corrected chi connectivity index (χ2v) is 5.71. The molecule has 0 aliphatic carbocycles. The Balaban J connectivity index is 2.21. The molecule has 1 aromatic rings. The highest BCUT2D eigenvalue weighted by molar-refractivity contribution is 6.31. The van der Waals surface area contributed by atoms with Crippen LogP contribution >= 0.6 is 11.6 Å². The average molecular weight is 326 g/mol. The van der Waals surface area contributed by atoms with Gasteiger partial charge in [0.1, 0.15) is 6.04 Å². The van der Waals surface area contributed by atoms with Gasteiger partial charge in [0.2, 0.25) is 5.91 Å². The third-order valence-electron chi connectivity index (χ3n) is 3.83. The molecule has 3 amide bonds. The summed E-state index contributed by atoms with van der Waals surface area (Å²) < 4.78 is 0. The zero-order valence-electron chi connectivity index (χ0n) is 12.6. The Labute approximate surface area is 134 Å². The molecule has 1 aromatic carbocycles. The number of nitrogens with zero attached hydrogens (tertiary/aromatic N) is 1. The third kappa shape index (κ3) is 3.34. The van der Waals surface area contributed by atoms with E-state index in [1.807, 2.05) is 19.9 Å². The quantitative estimate of drug-likeness (QED) is 0.790. The lowest BCUT2D eigenvalue weighted by molar-refractivity contribution is -0.128. The largest absolute Gasteiger partial charge is 0.396 e. The number of hydrogen-bond donors (Lipinski definition) is 3. The predicted octanol–water partition coefficient (Wildman–Crippen LogP) is 1.67. The molecule has 6 nitrogen and oxygen atoms in total. The second kappa shape index (κ2) is 6.98. The van der Waals surface area contributed by atoms with Crippen molar-refractivity contribution in [3.8, 4) is 0 Å². The average Bonchev–Trinajstić information content (AvgIpc) is 2.49. The molecule has 22 heavy (non-hydrogen) atoms. The number of rotatable bonds is 3. The van der Waals surface area contributed by atoms with Crippen molar-refractivity contribution in [1.29, 1.82) is 0 Å². The fraction of sp³-hybridized carbons (Fsp3) is 0.467. The van der Waals surface area contributed by atoms with E-state index in [4.69, 9.17) is 16.7 Å². The zero-order chi connectivity index (χ0) is 16.3. The molecule has 1 unspecified atom stereocenters. The first-order valence-corrected chi connectivity index (χ1v) is 7.55. The van der Waals surface area contributed by atoms with Crippen molar-refractivity contribution in [2.24, 2.45) is 0 Å². The molecule has 120 valence electrons. The summed E-state index contributed by atoms with van der Waals surface area (Å²) in [7, 11) is 0. The molecular formula is C15H20ClN3O3. The molecule has 1 aliphatic rings. The minimum Gasteiger partial charge on any atom is -0.396 e. The summed E-state index contributed by atoms with van der Waals surface area (Å²) in [5.41, 5.74) is 2.34. The number of aliphatic hydroxyl groups excluding tert-OH is 1. The number of benzene rings is 1. The van der Waals surface area contributed by atoms with Crippen molar-refractivity contribution < 1.29 is 14.7 Å². The smallest absolute Gasteiger partial charge is 0.322 e. The number of anilines is 1. The van der Waals surface area contributed by atoms with Crippen LogP contribution in [0.5, 0.6) is 0 Å². The summed E-state index contributed by atoms with van der Waals surface area (Å²) in [5, 5.41) is 15.2. The Morgan fingerprint density at radius 2 is 2.23 bits per heavy atom. The topological polar surface area (TPSA) is 81.7 Å². The van der Waals surface area contributed by atoms with E-state index in [1.54, 1.807) is 6.07 Å². The Bertz CT molecular complexity index is 592. The van der Waals surface area contributed by atoms with Gasteiger partial charge in [0.15, 0.2) is 0 Å². The first-order valence-electron chi connectivity index (χ1n) is 7.17. The summed E-state index contributed by atoms with van der Waals surface area (Å²) in [5.74, 6) is -0.241. The zero-order valence-corrected chi connectivity index (χ0v) is 13.4. The summed E-state index contributed by atoms with van der Waals surface area (Å²) in [6.45, 7) is 4.37. The third-order valence-corrected chi connectivity index (χ3v) is 4.24. The molecule has 0 bridgehead atoms. The van der Waals surface area contributed by atoms with Gasteiger partial charge in [-0.05, 0) is 37.5 Å². The number of piperazine rings is 1. The molecule has 3 N–H and O–H groups in total. The lowest BCUT2D eigenvalue weighted by Crippen LogP contribution is -2.58. The fourth-order valence-corrected chi connectivity index (χ4v) is 2.72. The Morgan fingerprint density at radius 1 is 1.50 bits per heavy atom. The van der Waals surface area contributed by atoms with Gasteiger partial charge in [0.05, 0.1) is 0 Å². The van der Waals surface area contributed by atoms with Crippen LogP contribution in [0.1, 0.15) is 17.5 Å². The van der Waals surface area contributed by atoms with Crippen LogP contribution in [0.3, 0.4) is 0 Å². The minimum atomic E-state index is -0.654. The predicted molar refractivity (Wildman–Crippen MR) is 85.2 cm³/mol. The maximum Gasteiger partial charge on any atom is 0.322 e. The van der Waals surface area contributed by atoms with Crippen LogP contribution in [-0.4, -0.2) is 47.7 Å². The van der Waals surface area contributed by atoms with Gasteiger partial charge in [-0.3, -0.25) is 4.79 Å². The van der Waals surface area contributed by atoms with Gasteiger partial charge in [-0.25, -0.2) is 4.79 Å². The highest BCUT2D eigenvalue weighted by Crippen LogP contribution is 2.27. The molecule has 0 saturated carbocycles. The van der Waals surface area contributed by atoms with Crippen LogP contribution in [-0.2, 0) is 4.79 Å². The summed E-state index contributed by atoms with van der Waals surface area (Å²) in [4.78, 5) is 25.9. The number of aryl methyl sites for hydroxylation is 1. The lowest BCUT2D eigenvalue weighted by atomic mass is 10.1. The van der Waals surface area contributed by atoms with Gasteiger partial charge >= 0.3 is 6.03 Å².